The highest BCUT2D eigenvalue weighted by Crippen LogP contribution is 2.32. The van der Waals surface area contributed by atoms with Crippen LogP contribution in [0.1, 0.15) is 13.8 Å². The molecule has 0 spiro atoms. The third-order valence-electron chi connectivity index (χ3n) is 3.05. The Bertz CT molecular complexity index is 580. The van der Waals surface area contributed by atoms with Crippen LogP contribution in [0.25, 0.3) is 0 Å². The van der Waals surface area contributed by atoms with E-state index in [1.165, 1.54) is 0 Å². The summed E-state index contributed by atoms with van der Waals surface area (Å²) in [4.78, 5) is 34.5. The molecule has 10 nitrogen and oxygen atoms in total. The monoisotopic (exact) mass is 435 g/mol. The van der Waals surface area contributed by atoms with Gasteiger partial charge in [-0.1, -0.05) is 34.8 Å². The van der Waals surface area contributed by atoms with Crippen molar-refractivity contribution in [1.82, 2.24) is 0 Å². The molecule has 0 aliphatic carbocycles. The molecule has 0 aromatic heterocycles. The van der Waals surface area contributed by atoms with Gasteiger partial charge in [0.05, 0.1) is 7.11 Å². The summed E-state index contributed by atoms with van der Waals surface area (Å²) in [7, 11) is 1.02. The van der Waals surface area contributed by atoms with E-state index in [4.69, 9.17) is 59.2 Å². The number of aliphatic hydroxyl groups is 1. The lowest BCUT2D eigenvalue weighted by Crippen LogP contribution is -2.63. The third-order valence-corrected chi connectivity index (χ3v) is 3.56. The fourth-order valence-corrected chi connectivity index (χ4v) is 2.19. The highest BCUT2D eigenvalue weighted by atomic mass is 35.6. The van der Waals surface area contributed by atoms with Crippen LogP contribution in [0.5, 0.6) is 0 Å². The number of ether oxygens (including phenoxy) is 5. The molecule has 13 heteroatoms. The third kappa shape index (κ3) is 5.85. The van der Waals surface area contributed by atoms with Crippen molar-refractivity contribution in [3.05, 3.63) is 0 Å². The van der Waals surface area contributed by atoms with E-state index >= 15 is 0 Å². The van der Waals surface area contributed by atoms with E-state index in [9.17, 15) is 19.5 Å². The molecule has 0 radical (unpaired) electrons. The zero-order chi connectivity index (χ0) is 20.2. The van der Waals surface area contributed by atoms with Gasteiger partial charge in [-0.2, -0.15) is 0 Å². The van der Waals surface area contributed by atoms with Gasteiger partial charge in [0.15, 0.2) is 12.2 Å². The van der Waals surface area contributed by atoms with Gasteiger partial charge in [0.1, 0.15) is 6.10 Å². The normalized spacial score (nSPS) is 28.7. The number of esters is 3. The van der Waals surface area contributed by atoms with Crippen LogP contribution in [-0.4, -0.2) is 70.5 Å². The highest BCUT2D eigenvalue weighted by molar-refractivity contribution is 6.76. The van der Waals surface area contributed by atoms with Crippen molar-refractivity contribution < 1.29 is 43.2 Å². The molecule has 4 unspecified atom stereocenters. The van der Waals surface area contributed by atoms with Gasteiger partial charge in [0.25, 0.3) is 3.79 Å². The van der Waals surface area contributed by atoms with E-state index in [0.29, 0.717) is 0 Å². The van der Waals surface area contributed by atoms with E-state index in [-0.39, 0.29) is 0 Å². The number of methoxy groups -OCH3 is 1. The summed E-state index contributed by atoms with van der Waals surface area (Å²) in [5.74, 6) is -3.67. The minimum Gasteiger partial charge on any atom is -0.467 e. The Kier molecular flexibility index (Phi) is 7.90. The van der Waals surface area contributed by atoms with Crippen molar-refractivity contribution in [1.29, 1.82) is 5.41 Å². The summed E-state index contributed by atoms with van der Waals surface area (Å²) < 4.78 is 22.3. The molecule has 1 fully saturated rings. The van der Waals surface area contributed by atoms with Crippen molar-refractivity contribution in [2.45, 2.75) is 48.3 Å². The predicted molar refractivity (Wildman–Crippen MR) is 86.9 cm³/mol. The van der Waals surface area contributed by atoms with Crippen molar-refractivity contribution >= 4 is 58.6 Å². The minimum atomic E-state index is -2.29. The van der Waals surface area contributed by atoms with Crippen molar-refractivity contribution in [2.24, 2.45) is 0 Å². The van der Waals surface area contributed by atoms with Gasteiger partial charge < -0.3 is 28.8 Å². The van der Waals surface area contributed by atoms with Gasteiger partial charge >= 0.3 is 17.9 Å². The second kappa shape index (κ2) is 9.05. The Labute approximate surface area is 163 Å². The Balaban J connectivity index is 3.25. The van der Waals surface area contributed by atoms with Crippen LogP contribution in [-0.2, 0) is 38.1 Å². The maximum absolute atomic E-state index is 11.8. The fourth-order valence-electron chi connectivity index (χ4n) is 2.06. The van der Waals surface area contributed by atoms with E-state index in [0.717, 1.165) is 21.0 Å². The average molecular weight is 437 g/mol. The first-order valence-electron chi connectivity index (χ1n) is 6.96. The lowest BCUT2D eigenvalue weighted by Gasteiger charge is -2.42. The lowest BCUT2D eigenvalue weighted by molar-refractivity contribution is -0.283. The summed E-state index contributed by atoms with van der Waals surface area (Å²) in [6.07, 6.45) is -8.33. The largest absolute Gasteiger partial charge is 0.467 e. The van der Waals surface area contributed by atoms with Crippen LogP contribution < -0.4 is 0 Å². The molecular formula is C13H16Cl3NO9. The number of hydrogen-bond donors (Lipinski definition) is 2. The maximum atomic E-state index is 11.8. The molecule has 26 heavy (non-hydrogen) atoms. The number of hydrogen-bond acceptors (Lipinski definition) is 10. The van der Waals surface area contributed by atoms with Crippen molar-refractivity contribution in [2.75, 3.05) is 7.11 Å². The van der Waals surface area contributed by atoms with Gasteiger partial charge in [-0.3, -0.25) is 15.0 Å². The minimum absolute atomic E-state index is 0.853. The van der Waals surface area contributed by atoms with Gasteiger partial charge in [0.2, 0.25) is 18.3 Å². The molecule has 1 saturated heterocycles. The second-order valence-electron chi connectivity index (χ2n) is 5.03. The molecule has 148 valence electrons. The number of alkyl halides is 3. The molecule has 2 N–H and O–H groups in total. The van der Waals surface area contributed by atoms with Crippen LogP contribution in [0.3, 0.4) is 0 Å². The average Bonchev–Trinajstić information content (AvgIpc) is 2.50. The number of carbonyl (C=O) groups excluding carboxylic acids is 3. The number of carbonyl (C=O) groups is 3. The molecule has 1 rings (SSSR count). The summed E-state index contributed by atoms with van der Waals surface area (Å²) in [5, 5.41) is 17.9. The summed E-state index contributed by atoms with van der Waals surface area (Å²) in [6.45, 7) is 2.06. The van der Waals surface area contributed by atoms with Gasteiger partial charge in [-0.05, 0) is 0 Å². The maximum Gasteiger partial charge on any atom is 0.338 e. The number of rotatable bonds is 4. The summed E-state index contributed by atoms with van der Waals surface area (Å²) in [5.41, 5.74) is 0. The Morgan fingerprint density at radius 3 is 1.96 bits per heavy atom. The molecule has 0 aromatic rings. The first kappa shape index (κ1) is 22.7. The smallest absolute Gasteiger partial charge is 0.338 e. The summed E-state index contributed by atoms with van der Waals surface area (Å²) in [6, 6.07) is 0. The van der Waals surface area contributed by atoms with Gasteiger partial charge in [0, 0.05) is 13.8 Å². The van der Waals surface area contributed by atoms with E-state index in [2.05, 4.69) is 4.74 Å². The molecular weight excluding hydrogens is 421 g/mol. The zero-order valence-corrected chi connectivity index (χ0v) is 16.0. The second-order valence-corrected chi connectivity index (χ2v) is 7.31. The number of aliphatic hydroxyl groups excluding tert-OH is 1. The molecule has 5 atom stereocenters. The lowest BCUT2D eigenvalue weighted by atomic mass is 9.98. The van der Waals surface area contributed by atoms with Crippen LogP contribution in [0.2, 0.25) is 0 Å². The molecule has 1 heterocycles. The zero-order valence-electron chi connectivity index (χ0n) is 13.7. The SMILES string of the molecule is COC(=O)C1OC(OC(=N)C(Cl)(Cl)Cl)C(OC(C)=O)C(OC(C)=O)[C@@H]1O. The Morgan fingerprint density at radius 1 is 1.04 bits per heavy atom. The van der Waals surface area contributed by atoms with Crippen molar-refractivity contribution in [3.8, 4) is 0 Å². The molecule has 0 bridgehead atoms. The molecule has 0 aromatic carbocycles. The van der Waals surface area contributed by atoms with Crippen LogP contribution >= 0.6 is 34.8 Å². The van der Waals surface area contributed by atoms with E-state index < -0.39 is 58.3 Å². The highest BCUT2D eigenvalue weighted by Gasteiger charge is 2.54. The first-order chi connectivity index (χ1) is 11.9. The van der Waals surface area contributed by atoms with Gasteiger partial charge in [-0.25, -0.2) is 4.79 Å². The van der Waals surface area contributed by atoms with Crippen LogP contribution in [0.15, 0.2) is 0 Å². The topological polar surface area (TPSA) is 141 Å². The quantitative estimate of drug-likeness (QED) is 0.211. The number of halogens is 3. The van der Waals surface area contributed by atoms with Crippen molar-refractivity contribution in [3.63, 3.8) is 0 Å². The molecule has 0 saturated carbocycles. The Morgan fingerprint density at radius 2 is 1.54 bits per heavy atom. The van der Waals surface area contributed by atoms with Crippen LogP contribution in [0.4, 0.5) is 0 Å². The Hall–Kier alpha value is -1.33. The predicted octanol–water partition coefficient (Wildman–Crippen LogP) is 0.473. The van der Waals surface area contributed by atoms with E-state index in [1.54, 1.807) is 0 Å². The summed E-state index contributed by atoms with van der Waals surface area (Å²) >= 11 is 16.6. The number of nitrogens with one attached hydrogen (secondary N) is 1. The first-order valence-corrected chi connectivity index (χ1v) is 8.10. The van der Waals surface area contributed by atoms with Gasteiger partial charge in [-0.15, -0.1) is 0 Å². The fraction of sp³-hybridized carbons (Fsp3) is 0.692. The van der Waals surface area contributed by atoms with E-state index in [1.807, 2.05) is 0 Å². The van der Waals surface area contributed by atoms with Crippen LogP contribution in [0, 0.1) is 5.41 Å². The molecule has 0 amide bonds. The molecule has 1 aliphatic heterocycles. The molecule has 1 aliphatic rings. The standard InChI is InChI=1S/C13H16Cl3NO9/c1-4(18)23-7-6(20)8(10(21)22-3)25-11(9(7)24-5(2)19)26-12(17)13(14,15)16/h6-9,11,17,20H,1-3H3/t6-,7?,8?,9?,11?/m0/s1.